The lowest BCUT2D eigenvalue weighted by atomic mass is 9.90. The van der Waals surface area contributed by atoms with Gasteiger partial charge in [0.15, 0.2) is 0 Å². The zero-order valence-electron chi connectivity index (χ0n) is 13.6. The molecule has 2 heterocycles. The van der Waals surface area contributed by atoms with E-state index in [1.165, 1.54) is 9.75 Å². The third kappa shape index (κ3) is 2.59. The minimum atomic E-state index is -0.795. The summed E-state index contributed by atoms with van der Waals surface area (Å²) in [6.07, 6.45) is 0.592. The van der Waals surface area contributed by atoms with Crippen molar-refractivity contribution in [3.05, 3.63) is 21.4 Å². The zero-order chi connectivity index (χ0) is 15.9. The number of rotatable bonds is 3. The van der Waals surface area contributed by atoms with Gasteiger partial charge in [0.25, 0.3) is 0 Å². The van der Waals surface area contributed by atoms with E-state index in [-0.39, 0.29) is 17.9 Å². The molecule has 2 rings (SSSR count). The van der Waals surface area contributed by atoms with Gasteiger partial charge in [0.05, 0.1) is 6.04 Å². The molecule has 0 radical (unpaired) electrons. The van der Waals surface area contributed by atoms with Crippen LogP contribution in [0.1, 0.15) is 55.5 Å². The first-order valence-corrected chi connectivity index (χ1v) is 8.24. The van der Waals surface area contributed by atoms with E-state index < -0.39 is 11.6 Å². The predicted octanol–water partition coefficient (Wildman–Crippen LogP) is 2.94. The molecule has 1 aliphatic rings. The van der Waals surface area contributed by atoms with E-state index in [4.69, 9.17) is 0 Å². The second kappa shape index (κ2) is 5.44. The largest absolute Gasteiger partial charge is 0.340 e. The van der Waals surface area contributed by atoms with Gasteiger partial charge in [-0.1, -0.05) is 6.92 Å². The lowest BCUT2D eigenvalue weighted by Gasteiger charge is -2.45. The quantitative estimate of drug-likeness (QED) is 0.933. The third-order valence-electron chi connectivity index (χ3n) is 4.56. The van der Waals surface area contributed by atoms with Gasteiger partial charge in [-0.3, -0.25) is 9.59 Å². The average Bonchev–Trinajstić information content (AvgIpc) is 2.75. The Balaban J connectivity index is 2.41. The van der Waals surface area contributed by atoms with Gasteiger partial charge in [-0.25, -0.2) is 0 Å². The van der Waals surface area contributed by atoms with Crippen molar-refractivity contribution in [2.24, 2.45) is 0 Å². The summed E-state index contributed by atoms with van der Waals surface area (Å²) < 4.78 is 0. The summed E-state index contributed by atoms with van der Waals surface area (Å²) in [5.74, 6) is -0.0664. The lowest BCUT2D eigenvalue weighted by Crippen LogP contribution is -2.68. The highest BCUT2D eigenvalue weighted by molar-refractivity contribution is 7.12. The minimum absolute atomic E-state index is 0.00727. The number of hydrogen-bond donors (Lipinski definition) is 1. The molecule has 1 aromatic heterocycles. The summed E-state index contributed by atoms with van der Waals surface area (Å²) in [5.41, 5.74) is 0.349. The number of thiophene rings is 1. The topological polar surface area (TPSA) is 49.4 Å². The minimum Gasteiger partial charge on any atom is -0.340 e. The molecule has 5 heteroatoms. The molecule has 0 spiro atoms. The molecule has 21 heavy (non-hydrogen) atoms. The molecule has 4 nitrogen and oxygen atoms in total. The number of nitrogens with zero attached hydrogens (tertiary/aromatic N) is 1. The van der Waals surface area contributed by atoms with Crippen LogP contribution in [0.3, 0.4) is 0 Å². The number of carbonyl (C=O) groups is 2. The highest BCUT2D eigenvalue weighted by Crippen LogP contribution is 2.34. The van der Waals surface area contributed by atoms with Crippen LogP contribution in [0, 0.1) is 13.8 Å². The number of hydrogen-bond acceptors (Lipinski definition) is 3. The van der Waals surface area contributed by atoms with Gasteiger partial charge in [-0.15, -0.1) is 11.3 Å². The fourth-order valence-corrected chi connectivity index (χ4v) is 4.00. The lowest BCUT2D eigenvalue weighted by molar-refractivity contribution is -0.156. The summed E-state index contributed by atoms with van der Waals surface area (Å²) in [4.78, 5) is 29.3. The number of nitrogens with one attached hydrogen (secondary N) is 1. The Labute approximate surface area is 130 Å². The fourth-order valence-electron chi connectivity index (χ4n) is 2.98. The van der Waals surface area contributed by atoms with Gasteiger partial charge in [0, 0.05) is 9.75 Å². The Morgan fingerprint density at radius 2 is 2.05 bits per heavy atom. The van der Waals surface area contributed by atoms with Gasteiger partial charge >= 0.3 is 0 Å². The number of amides is 2. The summed E-state index contributed by atoms with van der Waals surface area (Å²) in [6.45, 7) is 11.7. The van der Waals surface area contributed by atoms with Crippen LogP contribution in [0.5, 0.6) is 0 Å². The van der Waals surface area contributed by atoms with Crippen molar-refractivity contribution in [3.63, 3.8) is 0 Å². The van der Waals surface area contributed by atoms with Crippen LogP contribution in [0.25, 0.3) is 0 Å². The standard InChI is InChI=1S/C16H24N2O2S/c1-7-16(6)15(20)18(11(4)14(19)17-16)10(3)13-8-9(2)21-12(13)5/h8,10-11H,7H2,1-6H3,(H,17,19). The molecular formula is C16H24N2O2S. The van der Waals surface area contributed by atoms with Crippen LogP contribution in [0.4, 0.5) is 0 Å². The molecular weight excluding hydrogens is 284 g/mol. The van der Waals surface area contributed by atoms with Crippen molar-refractivity contribution in [1.29, 1.82) is 0 Å². The predicted molar refractivity (Wildman–Crippen MR) is 85.4 cm³/mol. The van der Waals surface area contributed by atoms with Crippen LogP contribution in [0.15, 0.2) is 6.07 Å². The molecule has 0 aromatic carbocycles. The van der Waals surface area contributed by atoms with E-state index >= 15 is 0 Å². The van der Waals surface area contributed by atoms with Crippen molar-refractivity contribution in [2.45, 2.75) is 65.6 Å². The first-order valence-electron chi connectivity index (χ1n) is 7.43. The first kappa shape index (κ1) is 16.0. The van der Waals surface area contributed by atoms with Crippen molar-refractivity contribution < 1.29 is 9.59 Å². The van der Waals surface area contributed by atoms with Gasteiger partial charge in [0.2, 0.25) is 11.8 Å². The second-order valence-electron chi connectivity index (χ2n) is 6.11. The normalized spacial score (nSPS) is 27.7. The monoisotopic (exact) mass is 308 g/mol. The highest BCUT2D eigenvalue weighted by Gasteiger charge is 2.47. The Hall–Kier alpha value is -1.36. The molecule has 0 aliphatic carbocycles. The average molecular weight is 308 g/mol. The Kier molecular flexibility index (Phi) is 4.15. The van der Waals surface area contributed by atoms with Crippen LogP contribution in [0.2, 0.25) is 0 Å². The van der Waals surface area contributed by atoms with E-state index in [9.17, 15) is 9.59 Å². The van der Waals surface area contributed by atoms with Crippen molar-refractivity contribution >= 4 is 23.2 Å². The Morgan fingerprint density at radius 1 is 1.43 bits per heavy atom. The van der Waals surface area contributed by atoms with E-state index in [1.54, 1.807) is 23.2 Å². The Morgan fingerprint density at radius 3 is 2.52 bits per heavy atom. The highest BCUT2D eigenvalue weighted by atomic mass is 32.1. The maximum Gasteiger partial charge on any atom is 0.249 e. The molecule has 1 aliphatic heterocycles. The van der Waals surface area contributed by atoms with Crippen LogP contribution in [-0.2, 0) is 9.59 Å². The second-order valence-corrected chi connectivity index (χ2v) is 7.57. The molecule has 3 unspecified atom stereocenters. The molecule has 0 bridgehead atoms. The maximum atomic E-state index is 12.9. The molecule has 1 N–H and O–H groups in total. The van der Waals surface area contributed by atoms with Crippen LogP contribution in [-0.4, -0.2) is 28.3 Å². The molecule has 0 saturated carbocycles. The number of piperazine rings is 1. The van der Waals surface area contributed by atoms with Crippen molar-refractivity contribution in [3.8, 4) is 0 Å². The smallest absolute Gasteiger partial charge is 0.249 e. The molecule has 1 aromatic rings. The van der Waals surface area contributed by atoms with E-state index in [2.05, 4.69) is 25.2 Å². The van der Waals surface area contributed by atoms with E-state index in [0.29, 0.717) is 6.42 Å². The van der Waals surface area contributed by atoms with Crippen LogP contribution < -0.4 is 5.32 Å². The molecule has 2 amide bonds. The number of aryl methyl sites for hydroxylation is 2. The molecule has 116 valence electrons. The van der Waals surface area contributed by atoms with Gasteiger partial charge in [0.1, 0.15) is 11.6 Å². The van der Waals surface area contributed by atoms with Crippen LogP contribution >= 0.6 is 11.3 Å². The maximum absolute atomic E-state index is 12.9. The number of carbonyl (C=O) groups excluding carboxylic acids is 2. The summed E-state index contributed by atoms with van der Waals surface area (Å²) in [5, 5.41) is 2.87. The van der Waals surface area contributed by atoms with Gasteiger partial charge in [-0.2, -0.15) is 0 Å². The Bertz CT molecular complexity index is 581. The third-order valence-corrected chi connectivity index (χ3v) is 5.54. The fraction of sp³-hybridized carbons (Fsp3) is 0.625. The zero-order valence-corrected chi connectivity index (χ0v) is 14.4. The first-order chi connectivity index (χ1) is 9.71. The summed E-state index contributed by atoms with van der Waals surface area (Å²) in [6, 6.07) is 1.60. The van der Waals surface area contributed by atoms with Gasteiger partial charge in [-0.05, 0) is 52.7 Å². The summed E-state index contributed by atoms with van der Waals surface area (Å²) >= 11 is 1.73. The van der Waals surface area contributed by atoms with Crippen molar-refractivity contribution in [2.75, 3.05) is 0 Å². The molecule has 1 saturated heterocycles. The molecule has 3 atom stereocenters. The summed E-state index contributed by atoms with van der Waals surface area (Å²) in [7, 11) is 0. The SMILES string of the molecule is CCC1(C)NC(=O)C(C)N(C(C)c2cc(C)sc2C)C1=O. The van der Waals surface area contributed by atoms with Crippen molar-refractivity contribution in [1.82, 2.24) is 10.2 Å². The van der Waals surface area contributed by atoms with Gasteiger partial charge < -0.3 is 10.2 Å². The molecule has 1 fully saturated rings. The van der Waals surface area contributed by atoms with E-state index in [1.807, 2.05) is 20.8 Å². The van der Waals surface area contributed by atoms with E-state index in [0.717, 1.165) is 5.56 Å².